The van der Waals surface area contributed by atoms with Crippen LogP contribution in [0.2, 0.25) is 5.02 Å². The highest BCUT2D eigenvalue weighted by molar-refractivity contribution is 6.30. The average molecular weight is 408 g/mol. The Morgan fingerprint density at radius 1 is 1.24 bits per heavy atom. The Kier molecular flexibility index (Phi) is 5.76. The Bertz CT molecular complexity index is 1010. The number of carbonyl (C=O) groups is 2. The average Bonchev–Trinajstić information content (AvgIpc) is 2.72. The topological polar surface area (TPSA) is 62.3 Å². The fraction of sp³-hybridized carbons (Fsp3) is 0.261. The molecule has 2 amide bonds. The van der Waals surface area contributed by atoms with Gasteiger partial charge in [0, 0.05) is 36.8 Å². The molecule has 29 heavy (non-hydrogen) atoms. The van der Waals surface area contributed by atoms with Gasteiger partial charge < -0.3 is 10.2 Å². The first-order chi connectivity index (χ1) is 14.1. The molecule has 0 saturated carbocycles. The van der Waals surface area contributed by atoms with E-state index in [2.05, 4.69) is 22.4 Å². The number of nitrogens with one attached hydrogen (secondary N) is 1. The molecule has 1 N–H and O–H groups in total. The summed E-state index contributed by atoms with van der Waals surface area (Å²) < 4.78 is 0. The molecule has 0 fully saturated rings. The van der Waals surface area contributed by atoms with E-state index in [1.165, 1.54) is 11.1 Å². The van der Waals surface area contributed by atoms with Crippen LogP contribution in [0.3, 0.4) is 0 Å². The van der Waals surface area contributed by atoms with Crippen LogP contribution in [-0.4, -0.2) is 34.8 Å². The van der Waals surface area contributed by atoms with Crippen LogP contribution in [0.15, 0.2) is 54.3 Å². The molecular formula is C23H22ClN3O2. The highest BCUT2D eigenvalue weighted by Crippen LogP contribution is 2.22. The van der Waals surface area contributed by atoms with E-state index in [9.17, 15) is 9.59 Å². The molecule has 0 bridgehead atoms. The van der Waals surface area contributed by atoms with E-state index in [4.69, 9.17) is 11.6 Å². The second kappa shape index (κ2) is 8.62. The van der Waals surface area contributed by atoms with Crippen molar-refractivity contribution in [3.05, 3.63) is 76.0 Å². The molecule has 2 aromatic rings. The highest BCUT2D eigenvalue weighted by atomic mass is 35.5. The summed E-state index contributed by atoms with van der Waals surface area (Å²) in [5.41, 5.74) is 4.40. The molecule has 5 nitrogen and oxygen atoms in total. The maximum Gasteiger partial charge on any atom is 0.246 e. The van der Waals surface area contributed by atoms with Gasteiger partial charge in [-0.15, -0.1) is 0 Å². The number of amides is 2. The molecule has 0 aliphatic carbocycles. The largest absolute Gasteiger partial charge is 0.335 e. The molecular weight excluding hydrogens is 386 g/mol. The fourth-order valence-electron chi connectivity index (χ4n) is 3.62. The molecule has 148 valence electrons. The van der Waals surface area contributed by atoms with E-state index in [0.29, 0.717) is 31.7 Å². The number of aryl methyl sites for hydroxylation is 1. The zero-order valence-corrected chi connectivity index (χ0v) is 16.8. The van der Waals surface area contributed by atoms with Gasteiger partial charge in [0.2, 0.25) is 11.8 Å². The van der Waals surface area contributed by atoms with Crippen molar-refractivity contribution in [2.75, 3.05) is 18.4 Å². The van der Waals surface area contributed by atoms with Crippen molar-refractivity contribution in [3.63, 3.8) is 0 Å². The van der Waals surface area contributed by atoms with Crippen LogP contribution in [0.25, 0.3) is 6.08 Å². The van der Waals surface area contributed by atoms with E-state index in [0.717, 1.165) is 29.0 Å². The molecule has 0 radical (unpaired) electrons. The van der Waals surface area contributed by atoms with E-state index in [-0.39, 0.29) is 11.8 Å². The SMILES string of the molecule is O=C1CCc2cc(C=CC(=O)N3CC=C(Cc4cccc(Cl)c4)CC3)cnc2N1. The molecule has 2 aliphatic heterocycles. The van der Waals surface area contributed by atoms with Crippen molar-refractivity contribution in [2.45, 2.75) is 25.7 Å². The first kappa shape index (κ1) is 19.4. The Hall–Kier alpha value is -2.92. The number of halogens is 1. The minimum Gasteiger partial charge on any atom is -0.335 e. The molecule has 6 heteroatoms. The van der Waals surface area contributed by atoms with Gasteiger partial charge in [-0.25, -0.2) is 4.98 Å². The lowest BCUT2D eigenvalue weighted by Crippen LogP contribution is -2.33. The number of rotatable bonds is 4. The van der Waals surface area contributed by atoms with Crippen LogP contribution < -0.4 is 5.32 Å². The third-order valence-corrected chi connectivity index (χ3v) is 5.46. The lowest BCUT2D eigenvalue weighted by Gasteiger charge is -2.25. The second-order valence-electron chi connectivity index (χ2n) is 7.36. The van der Waals surface area contributed by atoms with Crippen molar-refractivity contribution in [3.8, 4) is 0 Å². The van der Waals surface area contributed by atoms with Crippen LogP contribution >= 0.6 is 11.6 Å². The second-order valence-corrected chi connectivity index (χ2v) is 7.80. The van der Waals surface area contributed by atoms with Gasteiger partial charge in [0.25, 0.3) is 0 Å². The van der Waals surface area contributed by atoms with Gasteiger partial charge in [-0.3, -0.25) is 9.59 Å². The van der Waals surface area contributed by atoms with Gasteiger partial charge in [-0.2, -0.15) is 0 Å². The summed E-state index contributed by atoms with van der Waals surface area (Å²) in [5.74, 6) is 0.614. The molecule has 1 aromatic heterocycles. The van der Waals surface area contributed by atoms with Gasteiger partial charge in [-0.1, -0.05) is 35.4 Å². The minimum absolute atomic E-state index is 0.00338. The predicted octanol–water partition coefficient (Wildman–Crippen LogP) is 4.03. The van der Waals surface area contributed by atoms with Crippen LogP contribution in [0.5, 0.6) is 0 Å². The van der Waals surface area contributed by atoms with Crippen LogP contribution in [0.1, 0.15) is 29.5 Å². The lowest BCUT2D eigenvalue weighted by molar-refractivity contribution is -0.125. The van der Waals surface area contributed by atoms with E-state index < -0.39 is 0 Å². The molecule has 3 heterocycles. The number of hydrogen-bond donors (Lipinski definition) is 1. The molecule has 4 rings (SSSR count). The van der Waals surface area contributed by atoms with Crippen molar-refractivity contribution in [1.29, 1.82) is 0 Å². The summed E-state index contributed by atoms with van der Waals surface area (Å²) in [6.45, 7) is 1.33. The Morgan fingerprint density at radius 3 is 2.93 bits per heavy atom. The number of fused-ring (bicyclic) bond motifs is 1. The van der Waals surface area contributed by atoms with Crippen LogP contribution in [0, 0.1) is 0 Å². The summed E-state index contributed by atoms with van der Waals surface area (Å²) in [6.07, 6.45) is 10.1. The summed E-state index contributed by atoms with van der Waals surface area (Å²) in [6, 6.07) is 9.88. The number of aromatic nitrogens is 1. The third-order valence-electron chi connectivity index (χ3n) is 5.22. The fourth-order valence-corrected chi connectivity index (χ4v) is 3.83. The number of benzene rings is 1. The Labute approximate surface area is 175 Å². The molecule has 1 aromatic carbocycles. The summed E-state index contributed by atoms with van der Waals surface area (Å²) in [5, 5.41) is 3.51. The Balaban J connectivity index is 1.35. The number of nitrogens with zero attached hydrogens (tertiary/aromatic N) is 2. The third kappa shape index (κ3) is 4.93. The van der Waals surface area contributed by atoms with Gasteiger partial charge in [0.15, 0.2) is 0 Å². The number of carbonyl (C=O) groups excluding carboxylic acids is 2. The Morgan fingerprint density at radius 2 is 2.14 bits per heavy atom. The summed E-state index contributed by atoms with van der Waals surface area (Å²) >= 11 is 6.06. The van der Waals surface area contributed by atoms with E-state index in [1.54, 1.807) is 18.3 Å². The number of pyridine rings is 1. The van der Waals surface area contributed by atoms with Gasteiger partial charge in [0.1, 0.15) is 5.82 Å². The molecule has 0 atom stereocenters. The molecule has 0 spiro atoms. The van der Waals surface area contributed by atoms with E-state index >= 15 is 0 Å². The normalized spacial score (nSPS) is 16.4. The maximum atomic E-state index is 12.5. The van der Waals surface area contributed by atoms with E-state index in [1.807, 2.05) is 29.2 Å². The molecule has 2 aliphatic rings. The number of anilines is 1. The minimum atomic E-state index is -0.00548. The standard InChI is InChI=1S/C23H22ClN3O2/c24-20-3-1-2-17(14-20)12-16-8-10-27(11-9-16)22(29)7-4-18-13-19-5-6-21(28)26-23(19)25-15-18/h1-4,7-8,13-15H,5-6,9-12H2,(H,25,26,28). The highest BCUT2D eigenvalue weighted by Gasteiger charge is 2.17. The maximum absolute atomic E-state index is 12.5. The van der Waals surface area contributed by atoms with Crippen molar-refractivity contribution < 1.29 is 9.59 Å². The van der Waals surface area contributed by atoms with Gasteiger partial charge in [-0.05, 0) is 60.2 Å². The van der Waals surface area contributed by atoms with Crippen molar-refractivity contribution >= 4 is 35.3 Å². The quantitative estimate of drug-likeness (QED) is 0.614. The smallest absolute Gasteiger partial charge is 0.246 e. The summed E-state index contributed by atoms with van der Waals surface area (Å²) in [4.78, 5) is 30.1. The van der Waals surface area contributed by atoms with Gasteiger partial charge >= 0.3 is 0 Å². The van der Waals surface area contributed by atoms with Crippen LogP contribution in [0.4, 0.5) is 5.82 Å². The monoisotopic (exact) mass is 407 g/mol. The summed E-state index contributed by atoms with van der Waals surface area (Å²) in [7, 11) is 0. The zero-order valence-electron chi connectivity index (χ0n) is 16.0. The first-order valence-electron chi connectivity index (χ1n) is 9.75. The number of hydrogen-bond acceptors (Lipinski definition) is 3. The lowest BCUT2D eigenvalue weighted by atomic mass is 9.99. The predicted molar refractivity (Wildman–Crippen MR) is 115 cm³/mol. The van der Waals surface area contributed by atoms with Crippen molar-refractivity contribution in [1.82, 2.24) is 9.88 Å². The van der Waals surface area contributed by atoms with Gasteiger partial charge in [0.05, 0.1) is 0 Å². The van der Waals surface area contributed by atoms with Crippen LogP contribution in [-0.2, 0) is 22.4 Å². The first-order valence-corrected chi connectivity index (χ1v) is 10.1. The molecule has 0 saturated heterocycles. The van der Waals surface area contributed by atoms with Crippen molar-refractivity contribution in [2.24, 2.45) is 0 Å². The zero-order chi connectivity index (χ0) is 20.2. The molecule has 0 unspecified atom stereocenters.